The predicted octanol–water partition coefficient (Wildman–Crippen LogP) is 0.922. The highest BCUT2D eigenvalue weighted by Crippen LogP contribution is 2.17. The third-order valence-electron chi connectivity index (χ3n) is 3.14. The molecule has 2 rings (SSSR count). The highest BCUT2D eigenvalue weighted by Gasteiger charge is 2.27. The minimum Gasteiger partial charge on any atom is -0.326 e. The van der Waals surface area contributed by atoms with Crippen molar-refractivity contribution < 1.29 is 13.2 Å². The van der Waals surface area contributed by atoms with Crippen molar-refractivity contribution in [3.63, 3.8) is 0 Å². The fourth-order valence-electron chi connectivity index (χ4n) is 2.20. The van der Waals surface area contributed by atoms with Gasteiger partial charge in [-0.2, -0.15) is 0 Å². The molecule has 0 aromatic heterocycles. The molecular weight excluding hydrogens is 264 g/mol. The van der Waals surface area contributed by atoms with Gasteiger partial charge in [-0.1, -0.05) is 18.2 Å². The molecule has 1 heterocycles. The summed E-state index contributed by atoms with van der Waals surface area (Å²) in [4.78, 5) is 11.1. The Morgan fingerprint density at radius 1 is 1.37 bits per heavy atom. The lowest BCUT2D eigenvalue weighted by atomic mass is 10.1. The number of sulfone groups is 1. The van der Waals surface area contributed by atoms with Gasteiger partial charge in [0.1, 0.15) is 0 Å². The monoisotopic (exact) mass is 282 g/mol. The zero-order chi connectivity index (χ0) is 13.9. The molecule has 1 atom stereocenters. The van der Waals surface area contributed by atoms with Crippen molar-refractivity contribution in [3.05, 3.63) is 29.8 Å². The zero-order valence-corrected chi connectivity index (χ0v) is 11.7. The Morgan fingerprint density at radius 2 is 2.11 bits per heavy atom. The third kappa shape index (κ3) is 4.04. The van der Waals surface area contributed by atoms with E-state index < -0.39 is 9.84 Å². The Labute approximate surface area is 113 Å². The summed E-state index contributed by atoms with van der Waals surface area (Å²) >= 11 is 0. The molecule has 6 heteroatoms. The molecule has 2 N–H and O–H groups in total. The van der Waals surface area contributed by atoms with Crippen LogP contribution in [-0.4, -0.2) is 31.9 Å². The molecule has 0 bridgehead atoms. The molecule has 19 heavy (non-hydrogen) atoms. The first-order chi connectivity index (χ1) is 8.96. The molecule has 0 saturated carbocycles. The van der Waals surface area contributed by atoms with Crippen LogP contribution in [0.25, 0.3) is 0 Å². The SMILES string of the molecule is CC(=O)Nc1ccccc1CN[C@@H]1CCS(=O)(=O)C1. The molecule has 0 radical (unpaired) electrons. The molecule has 1 aromatic carbocycles. The van der Waals surface area contributed by atoms with Crippen molar-refractivity contribution in [2.24, 2.45) is 0 Å². The van der Waals surface area contributed by atoms with Crippen LogP contribution < -0.4 is 10.6 Å². The van der Waals surface area contributed by atoms with E-state index in [1.165, 1.54) is 6.92 Å². The van der Waals surface area contributed by atoms with Crippen LogP contribution in [0.4, 0.5) is 5.69 Å². The van der Waals surface area contributed by atoms with Gasteiger partial charge >= 0.3 is 0 Å². The molecule has 0 spiro atoms. The van der Waals surface area contributed by atoms with Gasteiger partial charge in [-0.05, 0) is 18.1 Å². The van der Waals surface area contributed by atoms with E-state index in [4.69, 9.17) is 0 Å². The standard InChI is InChI=1S/C13H18N2O3S/c1-10(16)15-13-5-3-2-4-11(13)8-14-12-6-7-19(17,18)9-12/h2-5,12,14H,6-9H2,1H3,(H,15,16)/t12-/m1/s1. The number of anilines is 1. The highest BCUT2D eigenvalue weighted by atomic mass is 32.2. The van der Waals surface area contributed by atoms with Crippen LogP contribution in [0.15, 0.2) is 24.3 Å². The molecule has 1 aromatic rings. The molecule has 1 saturated heterocycles. The Balaban J connectivity index is 1.98. The van der Waals surface area contributed by atoms with Gasteiger partial charge in [-0.3, -0.25) is 4.79 Å². The molecule has 5 nitrogen and oxygen atoms in total. The first kappa shape index (κ1) is 14.0. The topological polar surface area (TPSA) is 75.3 Å². The van der Waals surface area contributed by atoms with E-state index >= 15 is 0 Å². The van der Waals surface area contributed by atoms with Crippen LogP contribution in [-0.2, 0) is 21.2 Å². The Hall–Kier alpha value is -1.40. The second kappa shape index (κ2) is 5.71. The number of para-hydroxylation sites is 1. The van der Waals surface area contributed by atoms with Crippen LogP contribution in [0.2, 0.25) is 0 Å². The van der Waals surface area contributed by atoms with Gasteiger partial charge in [0.15, 0.2) is 9.84 Å². The van der Waals surface area contributed by atoms with E-state index in [9.17, 15) is 13.2 Å². The van der Waals surface area contributed by atoms with E-state index in [1.54, 1.807) is 0 Å². The lowest BCUT2D eigenvalue weighted by Gasteiger charge is -2.14. The molecule has 0 aliphatic carbocycles. The van der Waals surface area contributed by atoms with E-state index in [2.05, 4.69) is 10.6 Å². The second-order valence-electron chi connectivity index (χ2n) is 4.82. The Morgan fingerprint density at radius 3 is 2.74 bits per heavy atom. The summed E-state index contributed by atoms with van der Waals surface area (Å²) in [6.07, 6.45) is 0.657. The van der Waals surface area contributed by atoms with Crippen LogP contribution in [0.3, 0.4) is 0 Å². The summed E-state index contributed by atoms with van der Waals surface area (Å²) < 4.78 is 22.7. The van der Waals surface area contributed by atoms with Gasteiger partial charge < -0.3 is 10.6 Å². The molecule has 0 unspecified atom stereocenters. The van der Waals surface area contributed by atoms with E-state index in [0.29, 0.717) is 13.0 Å². The number of carbonyl (C=O) groups excluding carboxylic acids is 1. The average molecular weight is 282 g/mol. The number of nitrogens with one attached hydrogen (secondary N) is 2. The fraction of sp³-hybridized carbons (Fsp3) is 0.462. The van der Waals surface area contributed by atoms with Gasteiger partial charge in [0.05, 0.1) is 11.5 Å². The molecule has 1 amide bonds. The predicted molar refractivity (Wildman–Crippen MR) is 74.6 cm³/mol. The van der Waals surface area contributed by atoms with Gasteiger partial charge in [0.2, 0.25) is 5.91 Å². The van der Waals surface area contributed by atoms with Gasteiger partial charge in [-0.25, -0.2) is 8.42 Å². The van der Waals surface area contributed by atoms with Crippen LogP contribution in [0.5, 0.6) is 0 Å². The van der Waals surface area contributed by atoms with Crippen molar-refractivity contribution in [3.8, 4) is 0 Å². The van der Waals surface area contributed by atoms with Gasteiger partial charge in [0, 0.05) is 25.2 Å². The number of carbonyl (C=O) groups is 1. The quantitative estimate of drug-likeness (QED) is 0.861. The molecule has 1 aliphatic heterocycles. The van der Waals surface area contributed by atoms with Crippen molar-refractivity contribution in [2.75, 3.05) is 16.8 Å². The van der Waals surface area contributed by atoms with Crippen LogP contribution >= 0.6 is 0 Å². The molecular formula is C13H18N2O3S. The number of rotatable bonds is 4. The second-order valence-corrected chi connectivity index (χ2v) is 7.05. The normalized spacial score (nSPS) is 21.2. The highest BCUT2D eigenvalue weighted by molar-refractivity contribution is 7.91. The maximum absolute atomic E-state index is 11.4. The summed E-state index contributed by atoms with van der Waals surface area (Å²) in [6, 6.07) is 7.52. The summed E-state index contributed by atoms with van der Waals surface area (Å²) in [5, 5.41) is 6.00. The lowest BCUT2D eigenvalue weighted by molar-refractivity contribution is -0.114. The summed E-state index contributed by atoms with van der Waals surface area (Å²) in [5.74, 6) is 0.351. The number of benzene rings is 1. The third-order valence-corrected chi connectivity index (χ3v) is 4.91. The summed E-state index contributed by atoms with van der Waals surface area (Å²) in [7, 11) is -2.86. The Bertz CT molecular complexity index is 569. The van der Waals surface area contributed by atoms with E-state index in [-0.39, 0.29) is 23.5 Å². The van der Waals surface area contributed by atoms with Crippen molar-refractivity contribution >= 4 is 21.4 Å². The minimum atomic E-state index is -2.86. The van der Waals surface area contributed by atoms with Crippen molar-refractivity contribution in [1.29, 1.82) is 0 Å². The van der Waals surface area contributed by atoms with Crippen molar-refractivity contribution in [2.45, 2.75) is 25.9 Å². The summed E-state index contributed by atoms with van der Waals surface area (Å²) in [5.41, 5.74) is 1.73. The maximum atomic E-state index is 11.4. The van der Waals surface area contributed by atoms with Crippen LogP contribution in [0.1, 0.15) is 18.9 Å². The fourth-order valence-corrected chi connectivity index (χ4v) is 3.90. The first-order valence-electron chi connectivity index (χ1n) is 6.25. The molecule has 104 valence electrons. The average Bonchev–Trinajstić information content (AvgIpc) is 2.67. The Kier molecular flexibility index (Phi) is 4.21. The summed E-state index contributed by atoms with van der Waals surface area (Å²) in [6.45, 7) is 2.02. The van der Waals surface area contributed by atoms with E-state index in [1.807, 2.05) is 24.3 Å². The maximum Gasteiger partial charge on any atom is 0.221 e. The van der Waals surface area contributed by atoms with E-state index in [0.717, 1.165) is 11.3 Å². The smallest absolute Gasteiger partial charge is 0.221 e. The molecule has 1 aliphatic rings. The number of hydrogen-bond acceptors (Lipinski definition) is 4. The first-order valence-corrected chi connectivity index (χ1v) is 8.08. The van der Waals surface area contributed by atoms with Crippen molar-refractivity contribution in [1.82, 2.24) is 5.32 Å². The molecule has 1 fully saturated rings. The number of hydrogen-bond donors (Lipinski definition) is 2. The largest absolute Gasteiger partial charge is 0.326 e. The van der Waals surface area contributed by atoms with Gasteiger partial charge in [0.25, 0.3) is 0 Å². The lowest BCUT2D eigenvalue weighted by Crippen LogP contribution is -2.29. The zero-order valence-electron chi connectivity index (χ0n) is 10.8. The van der Waals surface area contributed by atoms with Crippen LogP contribution in [0, 0.1) is 0 Å². The van der Waals surface area contributed by atoms with Gasteiger partial charge in [-0.15, -0.1) is 0 Å². The number of amides is 1. The minimum absolute atomic E-state index is 0.00961.